The SMILES string of the molecule is C[C@@H](O)[C@H]1C(=O)N2C(C(=O)O)=C(c3cn4cnc(C(=O)CCN5CCSCC5)c4s3)[C@H](C)[C@H]12. The lowest BCUT2D eigenvalue weighted by Crippen LogP contribution is -2.63. The van der Waals surface area contributed by atoms with Crippen molar-refractivity contribution in [3.63, 3.8) is 0 Å². The van der Waals surface area contributed by atoms with E-state index in [1.807, 2.05) is 18.7 Å². The number of aliphatic hydroxyl groups is 1. The van der Waals surface area contributed by atoms with Gasteiger partial charge in [-0.3, -0.25) is 14.0 Å². The summed E-state index contributed by atoms with van der Waals surface area (Å²) in [5, 5.41) is 19.9. The standard InChI is InChI=1S/C22H26N4O5S2/c1-11-15(19(22(30)31)26-18(11)16(12(2)27)20(26)29)14-9-25-10-23-17(21(25)33-14)13(28)3-4-24-5-7-32-8-6-24/h9-12,16,18,27H,3-8H2,1-2H3,(H,30,31)/t11-,12+,16+,18+/m0/s1. The number of aliphatic hydroxyl groups excluding tert-OH is 1. The number of nitrogens with zero attached hydrogens (tertiary/aromatic N) is 4. The zero-order chi connectivity index (χ0) is 23.4. The van der Waals surface area contributed by atoms with Gasteiger partial charge in [-0.25, -0.2) is 9.78 Å². The van der Waals surface area contributed by atoms with Crippen molar-refractivity contribution in [1.82, 2.24) is 19.2 Å². The summed E-state index contributed by atoms with van der Waals surface area (Å²) in [6, 6.07) is -0.373. The molecule has 5 rings (SSSR count). The summed E-state index contributed by atoms with van der Waals surface area (Å²) < 4.78 is 1.76. The van der Waals surface area contributed by atoms with Crippen LogP contribution in [0.1, 0.15) is 35.6 Å². The summed E-state index contributed by atoms with van der Waals surface area (Å²) in [6.45, 7) is 6.15. The molecule has 3 aliphatic heterocycles. The molecule has 0 saturated carbocycles. The molecular weight excluding hydrogens is 464 g/mol. The van der Waals surface area contributed by atoms with E-state index < -0.39 is 18.0 Å². The van der Waals surface area contributed by atoms with E-state index >= 15 is 0 Å². The van der Waals surface area contributed by atoms with Crippen molar-refractivity contribution in [2.45, 2.75) is 32.4 Å². The van der Waals surface area contributed by atoms with Gasteiger partial charge in [-0.05, 0) is 6.92 Å². The van der Waals surface area contributed by atoms with E-state index in [-0.39, 0.29) is 29.3 Å². The van der Waals surface area contributed by atoms with Gasteiger partial charge >= 0.3 is 5.97 Å². The first-order chi connectivity index (χ1) is 15.8. The van der Waals surface area contributed by atoms with Crippen LogP contribution in [0.5, 0.6) is 0 Å². The Kier molecular flexibility index (Phi) is 5.84. The lowest BCUT2D eigenvalue weighted by atomic mass is 9.77. The lowest BCUT2D eigenvalue weighted by molar-refractivity contribution is -0.163. The maximum absolute atomic E-state index is 12.9. The van der Waals surface area contributed by atoms with Crippen molar-refractivity contribution in [3.05, 3.63) is 28.8 Å². The van der Waals surface area contributed by atoms with Crippen molar-refractivity contribution in [1.29, 1.82) is 0 Å². The van der Waals surface area contributed by atoms with E-state index in [9.17, 15) is 24.6 Å². The number of carboxylic acid groups (broad SMARTS) is 1. The number of thiazole rings is 1. The van der Waals surface area contributed by atoms with Crippen molar-refractivity contribution in [3.8, 4) is 0 Å². The van der Waals surface area contributed by atoms with Crippen LogP contribution in [0, 0.1) is 11.8 Å². The number of carbonyl (C=O) groups excluding carboxylic acids is 2. The second-order valence-electron chi connectivity index (χ2n) is 8.85. The number of carboxylic acids is 1. The van der Waals surface area contributed by atoms with Crippen molar-refractivity contribution >= 4 is 51.2 Å². The normalized spacial score (nSPS) is 26.6. The van der Waals surface area contributed by atoms with E-state index in [4.69, 9.17) is 0 Å². The molecule has 0 bridgehead atoms. The maximum atomic E-state index is 12.9. The highest BCUT2D eigenvalue weighted by Crippen LogP contribution is 2.51. The van der Waals surface area contributed by atoms with Crippen LogP contribution in [0.15, 0.2) is 18.2 Å². The molecule has 176 valence electrons. The van der Waals surface area contributed by atoms with Crippen LogP contribution in [0.25, 0.3) is 10.4 Å². The molecule has 33 heavy (non-hydrogen) atoms. The number of hydrogen-bond donors (Lipinski definition) is 2. The van der Waals surface area contributed by atoms with E-state index in [1.165, 1.54) is 16.2 Å². The molecule has 2 aromatic rings. The molecule has 0 aromatic carbocycles. The number of amides is 1. The van der Waals surface area contributed by atoms with Gasteiger partial charge in [-0.1, -0.05) is 6.92 Å². The van der Waals surface area contributed by atoms with Gasteiger partial charge in [0.2, 0.25) is 5.91 Å². The summed E-state index contributed by atoms with van der Waals surface area (Å²) >= 11 is 3.26. The number of fused-ring (bicyclic) bond motifs is 2. The highest BCUT2D eigenvalue weighted by Gasteiger charge is 2.60. The fraction of sp³-hybridized carbons (Fsp3) is 0.545. The van der Waals surface area contributed by atoms with Gasteiger partial charge in [0.25, 0.3) is 0 Å². The number of thioether (sulfide) groups is 1. The summed E-state index contributed by atoms with van der Waals surface area (Å²) in [5.74, 6) is -0.218. The number of rotatable bonds is 7. The van der Waals surface area contributed by atoms with Crippen LogP contribution in [0.4, 0.5) is 0 Å². The topological polar surface area (TPSA) is 115 Å². The van der Waals surface area contributed by atoms with Crippen LogP contribution < -0.4 is 0 Å². The van der Waals surface area contributed by atoms with Gasteiger partial charge < -0.3 is 20.0 Å². The van der Waals surface area contributed by atoms with Crippen LogP contribution in [0.2, 0.25) is 0 Å². The third kappa shape index (κ3) is 3.61. The highest BCUT2D eigenvalue weighted by atomic mass is 32.2. The summed E-state index contributed by atoms with van der Waals surface area (Å²) in [5.41, 5.74) is 0.951. The molecule has 0 aliphatic carbocycles. The quantitative estimate of drug-likeness (QED) is 0.445. The van der Waals surface area contributed by atoms with E-state index in [1.54, 1.807) is 23.8 Å². The van der Waals surface area contributed by atoms with Crippen LogP contribution >= 0.6 is 23.1 Å². The minimum Gasteiger partial charge on any atom is -0.477 e. The first-order valence-corrected chi connectivity index (χ1v) is 13.1. The lowest BCUT2D eigenvalue weighted by Gasteiger charge is -2.46. The Balaban J connectivity index is 1.43. The second-order valence-corrected chi connectivity index (χ2v) is 11.1. The summed E-state index contributed by atoms with van der Waals surface area (Å²) in [6.07, 6.45) is 2.92. The Labute approximate surface area is 199 Å². The molecule has 4 atom stereocenters. The molecule has 11 heteroatoms. The van der Waals surface area contributed by atoms with Crippen LogP contribution in [-0.4, -0.2) is 90.3 Å². The molecule has 5 heterocycles. The average molecular weight is 491 g/mol. The third-order valence-corrected chi connectivity index (χ3v) is 8.96. The van der Waals surface area contributed by atoms with E-state index in [0.717, 1.165) is 24.6 Å². The Hall–Kier alpha value is -2.21. The minimum atomic E-state index is -1.16. The van der Waals surface area contributed by atoms with E-state index in [0.29, 0.717) is 33.9 Å². The zero-order valence-corrected chi connectivity index (χ0v) is 20.1. The molecular formula is C22H26N4O5S2. The predicted molar refractivity (Wildman–Crippen MR) is 125 cm³/mol. The van der Waals surface area contributed by atoms with Crippen molar-refractivity contribution < 1.29 is 24.6 Å². The van der Waals surface area contributed by atoms with Gasteiger partial charge in [0.1, 0.15) is 22.5 Å². The predicted octanol–water partition coefficient (Wildman–Crippen LogP) is 1.67. The number of β-lactam (4-membered cyclic amide) rings is 1. The molecule has 2 saturated heterocycles. The molecule has 0 spiro atoms. The molecule has 2 N–H and O–H groups in total. The fourth-order valence-corrected chi connectivity index (χ4v) is 7.43. The third-order valence-electron chi connectivity index (χ3n) is 6.87. The first-order valence-electron chi connectivity index (χ1n) is 11.1. The molecule has 0 unspecified atom stereocenters. The first kappa shape index (κ1) is 22.6. The largest absolute Gasteiger partial charge is 0.477 e. The Morgan fingerprint density at radius 1 is 1.30 bits per heavy atom. The van der Waals surface area contributed by atoms with Gasteiger partial charge in [0, 0.05) is 55.2 Å². The fourth-order valence-electron chi connectivity index (χ4n) is 5.21. The number of ketones is 1. The van der Waals surface area contributed by atoms with Gasteiger partial charge in [0.15, 0.2) is 5.78 Å². The number of carbonyl (C=O) groups is 3. The Morgan fingerprint density at radius 3 is 2.70 bits per heavy atom. The number of aromatic nitrogens is 2. The summed E-state index contributed by atoms with van der Waals surface area (Å²) in [7, 11) is 0. The molecule has 2 fully saturated rings. The molecule has 0 radical (unpaired) electrons. The van der Waals surface area contributed by atoms with Crippen LogP contribution in [0.3, 0.4) is 0 Å². The number of aliphatic carboxylic acids is 1. The number of imidazole rings is 1. The maximum Gasteiger partial charge on any atom is 0.352 e. The van der Waals surface area contributed by atoms with Gasteiger partial charge in [-0.15, -0.1) is 11.3 Å². The molecule has 2 aromatic heterocycles. The Morgan fingerprint density at radius 2 is 2.03 bits per heavy atom. The van der Waals surface area contributed by atoms with Crippen LogP contribution in [-0.2, 0) is 9.59 Å². The average Bonchev–Trinajstić information content (AvgIpc) is 3.42. The second kappa shape index (κ2) is 8.53. The zero-order valence-electron chi connectivity index (χ0n) is 18.4. The van der Waals surface area contributed by atoms with Gasteiger partial charge in [0.05, 0.1) is 22.9 Å². The van der Waals surface area contributed by atoms with Gasteiger partial charge in [-0.2, -0.15) is 11.8 Å². The van der Waals surface area contributed by atoms with E-state index in [2.05, 4.69) is 9.88 Å². The molecule has 1 amide bonds. The smallest absolute Gasteiger partial charge is 0.352 e. The molecule has 9 nitrogen and oxygen atoms in total. The van der Waals surface area contributed by atoms with Crippen molar-refractivity contribution in [2.75, 3.05) is 31.1 Å². The molecule has 3 aliphatic rings. The highest BCUT2D eigenvalue weighted by molar-refractivity contribution is 7.99. The summed E-state index contributed by atoms with van der Waals surface area (Å²) in [4.78, 5) is 46.9. The number of Topliss-reactive ketones (excluding diaryl/α,β-unsaturated/α-hetero) is 1. The number of hydrogen-bond acceptors (Lipinski definition) is 8. The minimum absolute atomic E-state index is 0.0239. The Bertz CT molecular complexity index is 1160. The monoisotopic (exact) mass is 490 g/mol. The van der Waals surface area contributed by atoms with Crippen molar-refractivity contribution in [2.24, 2.45) is 11.8 Å².